The van der Waals surface area contributed by atoms with E-state index >= 15 is 0 Å². The third kappa shape index (κ3) is 12.5. The molecule has 0 aromatic carbocycles. The van der Waals surface area contributed by atoms with Gasteiger partial charge in [-0.1, -0.05) is 33.1 Å². The van der Waals surface area contributed by atoms with Crippen molar-refractivity contribution in [2.45, 2.75) is 37.4 Å². The molecule has 0 N–H and O–H groups in total. The zero-order chi connectivity index (χ0) is 16.6. The predicted molar refractivity (Wildman–Crippen MR) is 93.5 cm³/mol. The summed E-state index contributed by atoms with van der Waals surface area (Å²) in [5.74, 6) is 1.11. The number of hydrogen-bond acceptors (Lipinski definition) is 7. The standard InChI is InChI=1S/C14H25N3O4S2/c15-17-16-6-7-19-8-9-20-10-11-21-14(18)4-2-1-3-13-5-12-22-23-13/h13H,1-12H2. The van der Waals surface area contributed by atoms with E-state index in [2.05, 4.69) is 10.0 Å². The SMILES string of the molecule is [N-]=[N+]=NCCOCCOCCOC(=O)CCCCC1CCSS1. The van der Waals surface area contributed by atoms with E-state index in [9.17, 15) is 4.79 Å². The van der Waals surface area contributed by atoms with Crippen molar-refractivity contribution in [2.24, 2.45) is 5.11 Å². The van der Waals surface area contributed by atoms with Gasteiger partial charge in [-0.3, -0.25) is 4.79 Å². The summed E-state index contributed by atoms with van der Waals surface area (Å²) in [5, 5.41) is 4.12. The van der Waals surface area contributed by atoms with Gasteiger partial charge in [0, 0.05) is 28.9 Å². The van der Waals surface area contributed by atoms with Crippen LogP contribution >= 0.6 is 21.6 Å². The molecule has 1 aliphatic heterocycles. The predicted octanol–water partition coefficient (Wildman–Crippen LogP) is 3.59. The number of rotatable bonds is 14. The number of ether oxygens (including phenoxy) is 3. The van der Waals surface area contributed by atoms with Crippen molar-refractivity contribution < 1.29 is 19.0 Å². The molecule has 1 saturated heterocycles. The molecule has 7 nitrogen and oxygen atoms in total. The lowest BCUT2D eigenvalue weighted by molar-refractivity contribution is -0.145. The summed E-state index contributed by atoms with van der Waals surface area (Å²) in [6.45, 7) is 2.25. The van der Waals surface area contributed by atoms with Crippen LogP contribution in [0, 0.1) is 0 Å². The molecular formula is C14H25N3O4S2. The molecule has 9 heteroatoms. The molecule has 1 rings (SSSR count). The van der Waals surface area contributed by atoms with E-state index in [4.69, 9.17) is 19.7 Å². The second kappa shape index (κ2) is 15.0. The van der Waals surface area contributed by atoms with Crippen LogP contribution in [0.5, 0.6) is 0 Å². The van der Waals surface area contributed by atoms with Crippen LogP contribution < -0.4 is 0 Å². The van der Waals surface area contributed by atoms with E-state index < -0.39 is 0 Å². The minimum Gasteiger partial charge on any atom is -0.463 e. The normalized spacial score (nSPS) is 17.0. The van der Waals surface area contributed by atoms with Crippen LogP contribution in [-0.2, 0) is 19.0 Å². The number of esters is 1. The molecule has 1 fully saturated rings. The van der Waals surface area contributed by atoms with Crippen molar-refractivity contribution in [3.8, 4) is 0 Å². The van der Waals surface area contributed by atoms with E-state index in [0.29, 0.717) is 39.4 Å². The van der Waals surface area contributed by atoms with Crippen molar-refractivity contribution in [3.05, 3.63) is 10.4 Å². The highest BCUT2D eigenvalue weighted by Gasteiger charge is 2.15. The smallest absolute Gasteiger partial charge is 0.305 e. The molecular weight excluding hydrogens is 338 g/mol. The summed E-state index contributed by atoms with van der Waals surface area (Å²) in [6, 6.07) is 0. The Morgan fingerprint density at radius 3 is 2.70 bits per heavy atom. The second-order valence-corrected chi connectivity index (χ2v) is 7.76. The third-order valence-corrected chi connectivity index (χ3v) is 6.15. The van der Waals surface area contributed by atoms with E-state index in [1.807, 2.05) is 21.6 Å². The van der Waals surface area contributed by atoms with Crippen LogP contribution in [0.15, 0.2) is 5.11 Å². The summed E-state index contributed by atoms with van der Waals surface area (Å²) in [7, 11) is 3.94. The lowest BCUT2D eigenvalue weighted by atomic mass is 10.1. The van der Waals surface area contributed by atoms with Crippen LogP contribution in [0.2, 0.25) is 0 Å². The Morgan fingerprint density at radius 1 is 1.17 bits per heavy atom. The largest absolute Gasteiger partial charge is 0.463 e. The monoisotopic (exact) mass is 363 g/mol. The highest BCUT2D eigenvalue weighted by atomic mass is 33.1. The van der Waals surface area contributed by atoms with Gasteiger partial charge < -0.3 is 14.2 Å². The highest BCUT2D eigenvalue weighted by Crippen LogP contribution is 2.39. The lowest BCUT2D eigenvalue weighted by Gasteiger charge is -2.08. The zero-order valence-electron chi connectivity index (χ0n) is 13.4. The van der Waals surface area contributed by atoms with Crippen LogP contribution in [-0.4, -0.2) is 56.6 Å². The van der Waals surface area contributed by atoms with Crippen molar-refractivity contribution in [1.82, 2.24) is 0 Å². The number of nitrogens with zero attached hydrogens (tertiary/aromatic N) is 3. The maximum Gasteiger partial charge on any atom is 0.305 e. The average molecular weight is 364 g/mol. The van der Waals surface area contributed by atoms with Crippen LogP contribution in [0.25, 0.3) is 10.4 Å². The Hall–Kier alpha value is -0.600. The van der Waals surface area contributed by atoms with Gasteiger partial charge in [-0.15, -0.1) is 0 Å². The van der Waals surface area contributed by atoms with E-state index in [0.717, 1.165) is 18.1 Å². The number of azide groups is 1. The summed E-state index contributed by atoms with van der Waals surface area (Å²) in [6.07, 6.45) is 4.99. The molecule has 0 bridgehead atoms. The van der Waals surface area contributed by atoms with Crippen molar-refractivity contribution in [1.29, 1.82) is 0 Å². The quantitative estimate of drug-likeness (QED) is 0.117. The fourth-order valence-corrected chi connectivity index (χ4v) is 4.99. The van der Waals surface area contributed by atoms with Crippen molar-refractivity contribution in [3.63, 3.8) is 0 Å². The zero-order valence-corrected chi connectivity index (χ0v) is 15.0. The van der Waals surface area contributed by atoms with Crippen LogP contribution in [0.3, 0.4) is 0 Å². The van der Waals surface area contributed by atoms with Gasteiger partial charge in [-0.2, -0.15) is 0 Å². The molecule has 0 radical (unpaired) electrons. The van der Waals surface area contributed by atoms with Crippen molar-refractivity contribution >= 4 is 27.6 Å². The molecule has 0 amide bonds. The Bertz CT molecular complexity index is 362. The van der Waals surface area contributed by atoms with Gasteiger partial charge in [0.1, 0.15) is 6.61 Å². The Balaban J connectivity index is 1.78. The van der Waals surface area contributed by atoms with Gasteiger partial charge >= 0.3 is 5.97 Å². The molecule has 23 heavy (non-hydrogen) atoms. The van der Waals surface area contributed by atoms with Gasteiger partial charge in [0.25, 0.3) is 0 Å². The van der Waals surface area contributed by atoms with Crippen LogP contribution in [0.1, 0.15) is 32.1 Å². The Kier molecular flexibility index (Phi) is 13.3. The fraction of sp³-hybridized carbons (Fsp3) is 0.929. The summed E-state index contributed by atoms with van der Waals surface area (Å²) in [4.78, 5) is 14.1. The third-order valence-electron chi connectivity index (χ3n) is 3.15. The van der Waals surface area contributed by atoms with Gasteiger partial charge in [0.05, 0.1) is 26.4 Å². The molecule has 0 aromatic heterocycles. The van der Waals surface area contributed by atoms with Gasteiger partial charge in [-0.25, -0.2) is 0 Å². The molecule has 132 valence electrons. The van der Waals surface area contributed by atoms with Crippen LogP contribution in [0.4, 0.5) is 0 Å². The van der Waals surface area contributed by atoms with E-state index in [1.165, 1.54) is 18.6 Å². The Morgan fingerprint density at radius 2 is 1.96 bits per heavy atom. The first-order valence-corrected chi connectivity index (χ1v) is 10.3. The number of carbonyl (C=O) groups is 1. The number of unbranched alkanes of at least 4 members (excludes halogenated alkanes) is 1. The molecule has 0 spiro atoms. The van der Waals surface area contributed by atoms with Gasteiger partial charge in [0.15, 0.2) is 0 Å². The molecule has 1 unspecified atom stereocenters. The number of hydrogen-bond donors (Lipinski definition) is 0. The lowest BCUT2D eigenvalue weighted by Crippen LogP contribution is -2.13. The summed E-state index contributed by atoms with van der Waals surface area (Å²) >= 11 is 0. The summed E-state index contributed by atoms with van der Waals surface area (Å²) < 4.78 is 15.5. The molecule has 0 aromatic rings. The topological polar surface area (TPSA) is 93.5 Å². The Labute approximate surface area is 145 Å². The minimum absolute atomic E-state index is 0.146. The van der Waals surface area contributed by atoms with Crippen molar-refractivity contribution in [2.75, 3.05) is 45.3 Å². The van der Waals surface area contributed by atoms with E-state index in [-0.39, 0.29) is 12.6 Å². The van der Waals surface area contributed by atoms with Gasteiger partial charge in [0.2, 0.25) is 0 Å². The first kappa shape index (κ1) is 20.4. The second-order valence-electron chi connectivity index (χ2n) is 4.97. The first-order valence-electron chi connectivity index (χ1n) is 7.93. The molecule has 0 saturated carbocycles. The molecule has 0 aliphatic carbocycles. The molecule has 1 atom stereocenters. The maximum absolute atomic E-state index is 11.5. The highest BCUT2D eigenvalue weighted by molar-refractivity contribution is 8.77. The summed E-state index contributed by atoms with van der Waals surface area (Å²) in [5.41, 5.74) is 8.06. The molecule has 1 heterocycles. The maximum atomic E-state index is 11.5. The first-order chi connectivity index (χ1) is 11.3. The van der Waals surface area contributed by atoms with Gasteiger partial charge in [-0.05, 0) is 24.8 Å². The minimum atomic E-state index is -0.146. The van der Waals surface area contributed by atoms with E-state index in [1.54, 1.807) is 0 Å². The molecule has 1 aliphatic rings. The fourth-order valence-electron chi connectivity index (χ4n) is 1.96. The number of carbonyl (C=O) groups excluding carboxylic acids is 1. The average Bonchev–Trinajstić information content (AvgIpc) is 3.07.